The van der Waals surface area contributed by atoms with Crippen LogP contribution in [0.15, 0.2) is 60.7 Å². The Morgan fingerprint density at radius 3 is 2.07 bits per heavy atom. The Hall–Kier alpha value is -2.28. The zero-order valence-corrected chi connectivity index (χ0v) is 18.0. The molecule has 1 atom stereocenters. The summed E-state index contributed by atoms with van der Waals surface area (Å²) in [7, 11) is 0. The number of para-hydroxylation sites is 1. The Morgan fingerprint density at radius 1 is 0.786 bits per heavy atom. The van der Waals surface area contributed by atoms with Crippen LogP contribution in [0.2, 0.25) is 0 Å². The van der Waals surface area contributed by atoms with E-state index in [4.69, 9.17) is 0 Å². The number of fused-ring (bicyclic) bond motifs is 1. The number of aryl methyl sites for hydroxylation is 2. The fourth-order valence-electron chi connectivity index (χ4n) is 5.54. The normalized spacial score (nSPS) is 21.4. The first-order chi connectivity index (χ1) is 13.4. The van der Waals surface area contributed by atoms with Gasteiger partial charge in [-0.1, -0.05) is 81.4 Å². The van der Waals surface area contributed by atoms with Gasteiger partial charge >= 0.3 is 0 Å². The molecule has 1 heterocycles. The van der Waals surface area contributed by atoms with Gasteiger partial charge in [-0.15, -0.1) is 0 Å². The molecule has 0 spiro atoms. The van der Waals surface area contributed by atoms with Crippen LogP contribution in [-0.2, 0) is 18.3 Å². The summed E-state index contributed by atoms with van der Waals surface area (Å²) in [5, 5.41) is 2.75. The molecule has 1 aliphatic rings. The van der Waals surface area contributed by atoms with Gasteiger partial charge in [-0.25, -0.2) is 0 Å². The van der Waals surface area contributed by atoms with Crippen molar-refractivity contribution in [2.75, 3.05) is 11.4 Å². The van der Waals surface area contributed by atoms with Gasteiger partial charge < -0.3 is 4.90 Å². The zero-order valence-electron chi connectivity index (χ0n) is 18.0. The molecule has 0 radical (unpaired) electrons. The van der Waals surface area contributed by atoms with Gasteiger partial charge in [0.15, 0.2) is 0 Å². The van der Waals surface area contributed by atoms with E-state index in [1.807, 2.05) is 0 Å². The summed E-state index contributed by atoms with van der Waals surface area (Å²) in [6, 6.07) is 22.5. The molecule has 0 amide bonds. The average Bonchev–Trinajstić information content (AvgIpc) is 2.96. The van der Waals surface area contributed by atoms with Crippen LogP contribution in [0.1, 0.15) is 57.7 Å². The van der Waals surface area contributed by atoms with E-state index in [1.54, 1.807) is 0 Å². The van der Waals surface area contributed by atoms with Crippen molar-refractivity contribution in [2.45, 2.75) is 64.8 Å². The standard InChI is InChI=1S/C27H33N/c1-6-20-13-10-14-21(7-2)25(20)28-19-27(5,18-26(28,3)4)24-17-11-15-22-12-8-9-16-23(22)24/h8-17H,6-7,18-19H2,1-5H3. The first-order valence-corrected chi connectivity index (χ1v) is 10.8. The van der Waals surface area contributed by atoms with Gasteiger partial charge in [0.05, 0.1) is 0 Å². The molecule has 1 unspecified atom stereocenters. The highest BCUT2D eigenvalue weighted by Crippen LogP contribution is 2.48. The summed E-state index contributed by atoms with van der Waals surface area (Å²) < 4.78 is 0. The number of anilines is 1. The Balaban J connectivity index is 1.85. The lowest BCUT2D eigenvalue weighted by molar-refractivity contribution is 0.447. The third-order valence-electron chi connectivity index (χ3n) is 6.74. The van der Waals surface area contributed by atoms with Crippen LogP contribution in [-0.4, -0.2) is 12.1 Å². The third-order valence-corrected chi connectivity index (χ3v) is 6.74. The van der Waals surface area contributed by atoms with Crippen LogP contribution in [0.25, 0.3) is 10.8 Å². The van der Waals surface area contributed by atoms with E-state index in [2.05, 4.69) is 100 Å². The van der Waals surface area contributed by atoms with Crippen molar-refractivity contribution in [3.63, 3.8) is 0 Å². The van der Waals surface area contributed by atoms with Crippen LogP contribution in [0.4, 0.5) is 5.69 Å². The molecule has 0 aromatic heterocycles. The van der Waals surface area contributed by atoms with E-state index in [0.29, 0.717) is 0 Å². The first-order valence-electron chi connectivity index (χ1n) is 10.8. The molecule has 0 saturated carbocycles. The summed E-state index contributed by atoms with van der Waals surface area (Å²) in [6.07, 6.45) is 3.33. The van der Waals surface area contributed by atoms with Crippen molar-refractivity contribution >= 4 is 16.5 Å². The maximum absolute atomic E-state index is 2.71. The molecule has 3 aromatic rings. The average molecular weight is 372 g/mol. The molecule has 1 fully saturated rings. The Labute approximate surface area is 170 Å². The van der Waals surface area contributed by atoms with Crippen molar-refractivity contribution < 1.29 is 0 Å². The van der Waals surface area contributed by atoms with E-state index < -0.39 is 0 Å². The number of hydrogen-bond donors (Lipinski definition) is 0. The highest BCUT2D eigenvalue weighted by Gasteiger charge is 2.47. The fraction of sp³-hybridized carbons (Fsp3) is 0.407. The second-order valence-electron chi connectivity index (χ2n) is 9.29. The summed E-state index contributed by atoms with van der Waals surface area (Å²) in [5.74, 6) is 0. The molecule has 146 valence electrons. The van der Waals surface area contributed by atoms with Crippen LogP contribution in [0.5, 0.6) is 0 Å². The fourth-order valence-corrected chi connectivity index (χ4v) is 5.54. The van der Waals surface area contributed by atoms with Gasteiger partial charge in [-0.3, -0.25) is 0 Å². The molecule has 1 saturated heterocycles. The van der Waals surface area contributed by atoms with E-state index in [1.165, 1.54) is 33.2 Å². The number of rotatable bonds is 4. The molecule has 3 aromatic carbocycles. The van der Waals surface area contributed by atoms with E-state index in [-0.39, 0.29) is 11.0 Å². The van der Waals surface area contributed by atoms with E-state index in [0.717, 1.165) is 25.8 Å². The lowest BCUT2D eigenvalue weighted by Crippen LogP contribution is -2.39. The smallest absolute Gasteiger partial charge is 0.0435 e. The van der Waals surface area contributed by atoms with Crippen LogP contribution < -0.4 is 4.90 Å². The van der Waals surface area contributed by atoms with Gasteiger partial charge in [0.1, 0.15) is 0 Å². The van der Waals surface area contributed by atoms with Crippen LogP contribution in [0, 0.1) is 0 Å². The second-order valence-corrected chi connectivity index (χ2v) is 9.29. The maximum Gasteiger partial charge on any atom is 0.0435 e. The Kier molecular flexibility index (Phi) is 4.73. The number of nitrogens with zero attached hydrogens (tertiary/aromatic N) is 1. The van der Waals surface area contributed by atoms with E-state index in [9.17, 15) is 0 Å². The van der Waals surface area contributed by atoms with Gasteiger partial charge in [-0.05, 0) is 60.6 Å². The van der Waals surface area contributed by atoms with Gasteiger partial charge in [0, 0.05) is 23.2 Å². The maximum atomic E-state index is 2.71. The number of hydrogen-bond acceptors (Lipinski definition) is 1. The van der Waals surface area contributed by atoms with Crippen molar-refractivity contribution in [1.82, 2.24) is 0 Å². The molecule has 1 nitrogen and oxygen atoms in total. The van der Waals surface area contributed by atoms with Gasteiger partial charge in [-0.2, -0.15) is 0 Å². The van der Waals surface area contributed by atoms with Crippen LogP contribution in [0.3, 0.4) is 0 Å². The zero-order chi connectivity index (χ0) is 19.9. The first kappa shape index (κ1) is 19.1. The van der Waals surface area contributed by atoms with Gasteiger partial charge in [0.25, 0.3) is 0 Å². The highest BCUT2D eigenvalue weighted by atomic mass is 15.2. The monoisotopic (exact) mass is 371 g/mol. The summed E-state index contributed by atoms with van der Waals surface area (Å²) in [4.78, 5) is 2.71. The molecule has 1 heteroatoms. The molecular formula is C27H33N. The molecule has 0 N–H and O–H groups in total. The molecule has 0 aliphatic carbocycles. The minimum absolute atomic E-state index is 0.126. The SMILES string of the molecule is CCc1cccc(CC)c1N1CC(C)(c2cccc3ccccc23)CC1(C)C. The largest absolute Gasteiger partial charge is 0.365 e. The molecule has 28 heavy (non-hydrogen) atoms. The molecule has 1 aliphatic heterocycles. The predicted octanol–water partition coefficient (Wildman–Crippen LogP) is 6.91. The topological polar surface area (TPSA) is 3.24 Å². The Morgan fingerprint density at radius 2 is 1.39 bits per heavy atom. The highest BCUT2D eigenvalue weighted by molar-refractivity contribution is 5.87. The van der Waals surface area contributed by atoms with Gasteiger partial charge in [0.2, 0.25) is 0 Å². The minimum atomic E-state index is 0.126. The second kappa shape index (κ2) is 6.95. The Bertz CT molecular complexity index is 973. The summed E-state index contributed by atoms with van der Waals surface area (Å²) >= 11 is 0. The molecule has 4 rings (SSSR count). The summed E-state index contributed by atoms with van der Waals surface area (Å²) in [6.45, 7) is 13.0. The predicted molar refractivity (Wildman–Crippen MR) is 123 cm³/mol. The lowest BCUT2D eigenvalue weighted by atomic mass is 9.76. The van der Waals surface area contributed by atoms with Crippen molar-refractivity contribution in [3.8, 4) is 0 Å². The van der Waals surface area contributed by atoms with Crippen molar-refractivity contribution in [2.24, 2.45) is 0 Å². The summed E-state index contributed by atoms with van der Waals surface area (Å²) in [5.41, 5.74) is 6.20. The number of benzene rings is 3. The van der Waals surface area contributed by atoms with E-state index >= 15 is 0 Å². The van der Waals surface area contributed by atoms with Crippen molar-refractivity contribution in [3.05, 3.63) is 77.4 Å². The molecule has 0 bridgehead atoms. The third kappa shape index (κ3) is 3.02. The lowest BCUT2D eigenvalue weighted by Gasteiger charge is -2.36. The van der Waals surface area contributed by atoms with Crippen molar-refractivity contribution in [1.29, 1.82) is 0 Å². The quantitative estimate of drug-likeness (QED) is 0.481. The molecular weight excluding hydrogens is 338 g/mol. The minimum Gasteiger partial charge on any atom is -0.365 e. The van der Waals surface area contributed by atoms with Crippen LogP contribution >= 0.6 is 0 Å².